The molecular formula is C26H33NO4S. The molecule has 5 nitrogen and oxygen atoms in total. The second kappa shape index (κ2) is 8.81. The Morgan fingerprint density at radius 3 is 2.34 bits per heavy atom. The van der Waals surface area contributed by atoms with Gasteiger partial charge in [-0.15, -0.1) is 0 Å². The van der Waals surface area contributed by atoms with Crippen molar-refractivity contribution in [2.75, 3.05) is 32.6 Å². The molecule has 0 atom stereocenters. The summed E-state index contributed by atoms with van der Waals surface area (Å²) in [7, 11) is -3.02. The van der Waals surface area contributed by atoms with Gasteiger partial charge in [0.2, 0.25) is 0 Å². The van der Waals surface area contributed by atoms with E-state index < -0.39 is 9.84 Å². The SMILES string of the molecule is CS(=O)(=O)Cc1ccc(-c2ccc3c(c2)CCC2(CCN(C4CCOCC4)CC2)O3)cc1. The van der Waals surface area contributed by atoms with E-state index in [9.17, 15) is 8.42 Å². The van der Waals surface area contributed by atoms with Crippen molar-refractivity contribution in [3.63, 3.8) is 0 Å². The zero-order valence-electron chi connectivity index (χ0n) is 18.9. The number of nitrogens with zero attached hydrogens (tertiary/aromatic N) is 1. The molecule has 0 N–H and O–H groups in total. The molecule has 5 rings (SSSR count). The van der Waals surface area contributed by atoms with Gasteiger partial charge in [-0.1, -0.05) is 30.3 Å². The van der Waals surface area contributed by atoms with Crippen molar-refractivity contribution in [3.05, 3.63) is 53.6 Å². The van der Waals surface area contributed by atoms with Crippen molar-refractivity contribution in [1.29, 1.82) is 0 Å². The molecule has 6 heteroatoms. The molecule has 0 radical (unpaired) electrons. The van der Waals surface area contributed by atoms with E-state index in [1.54, 1.807) is 0 Å². The standard InChI is InChI=1S/C26H33NO4S/c1-32(28,29)19-20-2-4-21(5-3-20)22-6-7-25-23(18-22)8-11-26(31-25)12-14-27(15-13-26)24-9-16-30-17-10-24/h2-7,18,24H,8-17,19H2,1H3. The maximum absolute atomic E-state index is 11.5. The highest BCUT2D eigenvalue weighted by atomic mass is 32.2. The predicted molar refractivity (Wildman–Crippen MR) is 127 cm³/mol. The number of hydrogen-bond donors (Lipinski definition) is 0. The van der Waals surface area contributed by atoms with E-state index in [4.69, 9.17) is 9.47 Å². The van der Waals surface area contributed by atoms with Crippen LogP contribution in [-0.2, 0) is 26.7 Å². The molecule has 3 heterocycles. The monoisotopic (exact) mass is 455 g/mol. The van der Waals surface area contributed by atoms with Crippen LogP contribution in [0.5, 0.6) is 5.75 Å². The summed E-state index contributed by atoms with van der Waals surface area (Å²) in [6, 6.07) is 15.0. The quantitative estimate of drug-likeness (QED) is 0.690. The maximum atomic E-state index is 11.5. The molecule has 2 aromatic rings. The summed E-state index contributed by atoms with van der Waals surface area (Å²) < 4.78 is 35.2. The molecule has 172 valence electrons. The first kappa shape index (κ1) is 21.9. The number of piperidine rings is 1. The zero-order chi connectivity index (χ0) is 22.2. The molecule has 0 aliphatic carbocycles. The summed E-state index contributed by atoms with van der Waals surface area (Å²) in [6.07, 6.45) is 7.93. The topological polar surface area (TPSA) is 55.8 Å². The molecule has 32 heavy (non-hydrogen) atoms. The van der Waals surface area contributed by atoms with Crippen molar-refractivity contribution in [2.45, 2.75) is 55.9 Å². The zero-order valence-corrected chi connectivity index (χ0v) is 19.7. The maximum Gasteiger partial charge on any atom is 0.151 e. The Hall–Kier alpha value is -1.89. The molecule has 0 bridgehead atoms. The van der Waals surface area contributed by atoms with Gasteiger partial charge in [-0.05, 0) is 72.9 Å². The molecule has 0 saturated carbocycles. The van der Waals surface area contributed by atoms with Gasteiger partial charge in [0.1, 0.15) is 11.4 Å². The van der Waals surface area contributed by atoms with E-state index in [1.165, 1.54) is 11.8 Å². The number of likely N-dealkylation sites (tertiary alicyclic amines) is 1. The highest BCUT2D eigenvalue weighted by Gasteiger charge is 2.40. The van der Waals surface area contributed by atoms with Crippen LogP contribution >= 0.6 is 0 Å². The Morgan fingerprint density at radius 2 is 1.66 bits per heavy atom. The Balaban J connectivity index is 1.25. The van der Waals surface area contributed by atoms with Crippen molar-refractivity contribution in [2.24, 2.45) is 0 Å². The lowest BCUT2D eigenvalue weighted by atomic mass is 9.82. The highest BCUT2D eigenvalue weighted by molar-refractivity contribution is 7.89. The second-order valence-corrected chi connectivity index (χ2v) is 11.9. The van der Waals surface area contributed by atoms with Crippen LogP contribution in [0.1, 0.15) is 43.2 Å². The van der Waals surface area contributed by atoms with E-state index in [0.717, 1.165) is 87.3 Å². The Bertz CT molecular complexity index is 1050. The summed E-state index contributed by atoms with van der Waals surface area (Å²) >= 11 is 0. The molecule has 2 fully saturated rings. The Morgan fingerprint density at radius 1 is 0.969 bits per heavy atom. The van der Waals surface area contributed by atoms with Crippen molar-refractivity contribution >= 4 is 9.84 Å². The molecule has 2 saturated heterocycles. The number of hydrogen-bond acceptors (Lipinski definition) is 5. The van der Waals surface area contributed by atoms with Crippen molar-refractivity contribution in [1.82, 2.24) is 4.90 Å². The minimum Gasteiger partial charge on any atom is -0.487 e. The average molecular weight is 456 g/mol. The van der Waals surface area contributed by atoms with Gasteiger partial charge in [0, 0.05) is 38.6 Å². The first-order valence-electron chi connectivity index (χ1n) is 11.8. The van der Waals surface area contributed by atoms with Crippen LogP contribution in [0.2, 0.25) is 0 Å². The van der Waals surface area contributed by atoms with Crippen LogP contribution in [0.25, 0.3) is 11.1 Å². The predicted octanol–water partition coefficient (Wildman–Crippen LogP) is 4.24. The second-order valence-electron chi connectivity index (χ2n) is 9.75. The molecule has 3 aliphatic heterocycles. The number of ether oxygens (including phenoxy) is 2. The molecular weight excluding hydrogens is 422 g/mol. The number of sulfone groups is 1. The summed E-state index contributed by atoms with van der Waals surface area (Å²) in [5, 5.41) is 0. The fourth-order valence-corrected chi connectivity index (χ4v) is 6.29. The highest BCUT2D eigenvalue weighted by Crippen LogP contribution is 2.41. The van der Waals surface area contributed by atoms with Gasteiger partial charge < -0.3 is 9.47 Å². The number of fused-ring (bicyclic) bond motifs is 1. The van der Waals surface area contributed by atoms with Crippen LogP contribution in [-0.4, -0.2) is 57.5 Å². The molecule has 2 aromatic carbocycles. The van der Waals surface area contributed by atoms with Gasteiger partial charge in [-0.25, -0.2) is 8.42 Å². The lowest BCUT2D eigenvalue weighted by molar-refractivity contribution is -0.0412. The fourth-order valence-electron chi connectivity index (χ4n) is 5.50. The van der Waals surface area contributed by atoms with Gasteiger partial charge in [0.05, 0.1) is 5.75 Å². The third kappa shape index (κ3) is 4.87. The van der Waals surface area contributed by atoms with E-state index in [2.05, 4.69) is 23.1 Å². The van der Waals surface area contributed by atoms with Gasteiger partial charge in [-0.2, -0.15) is 0 Å². The third-order valence-electron chi connectivity index (χ3n) is 7.37. The number of rotatable bonds is 4. The molecule has 0 unspecified atom stereocenters. The van der Waals surface area contributed by atoms with E-state index in [-0.39, 0.29) is 11.4 Å². The van der Waals surface area contributed by atoms with Crippen LogP contribution < -0.4 is 4.74 Å². The van der Waals surface area contributed by atoms with E-state index in [1.807, 2.05) is 24.3 Å². The van der Waals surface area contributed by atoms with Crippen LogP contribution in [0.3, 0.4) is 0 Å². The molecule has 3 aliphatic rings. The van der Waals surface area contributed by atoms with Crippen LogP contribution in [0.15, 0.2) is 42.5 Å². The Labute approximate surface area is 191 Å². The van der Waals surface area contributed by atoms with Crippen LogP contribution in [0.4, 0.5) is 0 Å². The summed E-state index contributed by atoms with van der Waals surface area (Å²) in [5.74, 6) is 1.12. The number of benzene rings is 2. The largest absolute Gasteiger partial charge is 0.487 e. The third-order valence-corrected chi connectivity index (χ3v) is 8.23. The normalized spacial score (nSPS) is 21.8. The average Bonchev–Trinajstić information content (AvgIpc) is 2.79. The smallest absolute Gasteiger partial charge is 0.151 e. The lowest BCUT2D eigenvalue weighted by Crippen LogP contribution is -2.53. The minimum absolute atomic E-state index is 0.0104. The van der Waals surface area contributed by atoms with Crippen molar-refractivity contribution in [3.8, 4) is 16.9 Å². The fraction of sp³-hybridized carbons (Fsp3) is 0.538. The first-order chi connectivity index (χ1) is 15.4. The summed E-state index contributed by atoms with van der Waals surface area (Å²) in [6.45, 7) is 4.05. The van der Waals surface area contributed by atoms with E-state index >= 15 is 0 Å². The summed E-state index contributed by atoms with van der Waals surface area (Å²) in [4.78, 5) is 2.66. The Kier molecular flexibility index (Phi) is 6.03. The lowest BCUT2D eigenvalue weighted by Gasteiger charge is -2.47. The van der Waals surface area contributed by atoms with Gasteiger partial charge >= 0.3 is 0 Å². The van der Waals surface area contributed by atoms with E-state index in [0.29, 0.717) is 6.04 Å². The van der Waals surface area contributed by atoms with Gasteiger partial charge in [0.25, 0.3) is 0 Å². The molecule has 0 amide bonds. The first-order valence-corrected chi connectivity index (χ1v) is 13.9. The van der Waals surface area contributed by atoms with Crippen LogP contribution in [0, 0.1) is 0 Å². The van der Waals surface area contributed by atoms with Crippen molar-refractivity contribution < 1.29 is 17.9 Å². The number of aryl methyl sites for hydroxylation is 1. The summed E-state index contributed by atoms with van der Waals surface area (Å²) in [5.41, 5.74) is 4.36. The molecule has 1 spiro atoms. The van der Waals surface area contributed by atoms with Gasteiger partial charge in [0.15, 0.2) is 9.84 Å². The molecule has 0 aromatic heterocycles. The van der Waals surface area contributed by atoms with Gasteiger partial charge in [-0.3, -0.25) is 4.90 Å². The minimum atomic E-state index is -3.02.